The van der Waals surface area contributed by atoms with Crippen LogP contribution in [0.5, 0.6) is 0 Å². The van der Waals surface area contributed by atoms with Crippen LogP contribution < -0.4 is 5.32 Å². The van der Waals surface area contributed by atoms with Crippen LogP contribution in [0.2, 0.25) is 0 Å². The summed E-state index contributed by atoms with van der Waals surface area (Å²) in [5.41, 5.74) is 1.08. The molecule has 0 atom stereocenters. The molecule has 0 aromatic carbocycles. The molecule has 0 amide bonds. The maximum absolute atomic E-state index is 5.49. The van der Waals surface area contributed by atoms with Gasteiger partial charge in [0, 0.05) is 25.9 Å². The molecule has 1 aromatic rings. The van der Waals surface area contributed by atoms with Gasteiger partial charge in [0.15, 0.2) is 0 Å². The number of rotatable bonds is 9. The van der Waals surface area contributed by atoms with Gasteiger partial charge in [-0.15, -0.1) is 0 Å². The molecule has 1 N–H and O–H groups in total. The van der Waals surface area contributed by atoms with E-state index >= 15 is 0 Å². The number of hydrogen-bond acceptors (Lipinski definition) is 3. The van der Waals surface area contributed by atoms with Gasteiger partial charge in [-0.05, 0) is 18.6 Å². The maximum Gasteiger partial charge on any atom is 0.0591 e. The molecular weight excluding hydrogens is 200 g/mol. The van der Waals surface area contributed by atoms with Gasteiger partial charge in [-0.2, -0.15) is 0 Å². The van der Waals surface area contributed by atoms with Gasteiger partial charge >= 0.3 is 0 Å². The molecular formula is C13H22N2O. The Morgan fingerprint density at radius 3 is 2.94 bits per heavy atom. The second kappa shape index (κ2) is 9.31. The summed E-state index contributed by atoms with van der Waals surface area (Å²) in [6.45, 7) is 5.59. The van der Waals surface area contributed by atoms with Gasteiger partial charge in [0.25, 0.3) is 0 Å². The third kappa shape index (κ3) is 6.53. The number of unbranched alkanes of at least 4 members (excludes halogenated alkanes) is 2. The molecule has 0 spiro atoms. The SMILES string of the molecule is CCCCCOCCNCc1ccccn1. The Morgan fingerprint density at radius 2 is 2.19 bits per heavy atom. The largest absolute Gasteiger partial charge is 0.380 e. The van der Waals surface area contributed by atoms with Crippen LogP contribution in [-0.4, -0.2) is 24.7 Å². The Bertz CT molecular complexity index is 251. The van der Waals surface area contributed by atoms with E-state index in [4.69, 9.17) is 4.74 Å². The zero-order chi connectivity index (χ0) is 11.5. The molecule has 3 heteroatoms. The highest BCUT2D eigenvalue weighted by Gasteiger charge is 1.92. The van der Waals surface area contributed by atoms with Crippen molar-refractivity contribution in [3.63, 3.8) is 0 Å². The molecule has 1 aromatic heterocycles. The van der Waals surface area contributed by atoms with Crippen molar-refractivity contribution in [3.8, 4) is 0 Å². The van der Waals surface area contributed by atoms with Crippen molar-refractivity contribution in [1.82, 2.24) is 10.3 Å². The molecule has 0 radical (unpaired) electrons. The Morgan fingerprint density at radius 1 is 1.25 bits per heavy atom. The number of nitrogens with zero attached hydrogens (tertiary/aromatic N) is 1. The number of nitrogens with one attached hydrogen (secondary N) is 1. The van der Waals surface area contributed by atoms with Crippen molar-refractivity contribution in [1.29, 1.82) is 0 Å². The van der Waals surface area contributed by atoms with Crippen LogP contribution in [-0.2, 0) is 11.3 Å². The van der Waals surface area contributed by atoms with Gasteiger partial charge in [-0.1, -0.05) is 25.8 Å². The zero-order valence-corrected chi connectivity index (χ0v) is 10.1. The summed E-state index contributed by atoms with van der Waals surface area (Å²) in [4.78, 5) is 4.23. The average Bonchev–Trinajstić information content (AvgIpc) is 2.34. The minimum absolute atomic E-state index is 0.788. The molecule has 1 heterocycles. The fourth-order valence-electron chi connectivity index (χ4n) is 1.42. The number of hydrogen-bond donors (Lipinski definition) is 1. The monoisotopic (exact) mass is 222 g/mol. The summed E-state index contributed by atoms with van der Waals surface area (Å²) in [5.74, 6) is 0. The van der Waals surface area contributed by atoms with Gasteiger partial charge in [0.05, 0.1) is 12.3 Å². The highest BCUT2D eigenvalue weighted by molar-refractivity contribution is 5.02. The third-order valence-corrected chi connectivity index (χ3v) is 2.35. The topological polar surface area (TPSA) is 34.1 Å². The number of ether oxygens (including phenoxy) is 1. The van der Waals surface area contributed by atoms with Crippen molar-refractivity contribution >= 4 is 0 Å². The van der Waals surface area contributed by atoms with E-state index in [1.807, 2.05) is 24.4 Å². The van der Waals surface area contributed by atoms with Crippen molar-refractivity contribution in [3.05, 3.63) is 30.1 Å². The second-order valence-corrected chi connectivity index (χ2v) is 3.82. The Kier molecular flexibility index (Phi) is 7.64. The van der Waals surface area contributed by atoms with E-state index in [2.05, 4.69) is 17.2 Å². The van der Waals surface area contributed by atoms with Crippen LogP contribution >= 0.6 is 0 Å². The molecule has 3 nitrogen and oxygen atoms in total. The smallest absolute Gasteiger partial charge is 0.0591 e. The van der Waals surface area contributed by atoms with Crippen LogP contribution in [0.4, 0.5) is 0 Å². The first kappa shape index (κ1) is 13.1. The van der Waals surface area contributed by atoms with Gasteiger partial charge in [0.1, 0.15) is 0 Å². The van der Waals surface area contributed by atoms with Crippen molar-refractivity contribution in [2.45, 2.75) is 32.7 Å². The van der Waals surface area contributed by atoms with Crippen molar-refractivity contribution < 1.29 is 4.74 Å². The van der Waals surface area contributed by atoms with Crippen molar-refractivity contribution in [2.75, 3.05) is 19.8 Å². The minimum atomic E-state index is 0.788. The van der Waals surface area contributed by atoms with Gasteiger partial charge < -0.3 is 10.1 Å². The lowest BCUT2D eigenvalue weighted by molar-refractivity contribution is 0.131. The van der Waals surface area contributed by atoms with E-state index in [9.17, 15) is 0 Å². The third-order valence-electron chi connectivity index (χ3n) is 2.35. The predicted octanol–water partition coefficient (Wildman–Crippen LogP) is 2.38. The highest BCUT2D eigenvalue weighted by atomic mass is 16.5. The maximum atomic E-state index is 5.49. The number of pyridine rings is 1. The van der Waals surface area contributed by atoms with E-state index in [1.165, 1.54) is 19.3 Å². The van der Waals surface area contributed by atoms with Crippen molar-refractivity contribution in [2.24, 2.45) is 0 Å². The molecule has 90 valence electrons. The van der Waals surface area contributed by atoms with Crippen LogP contribution in [0.15, 0.2) is 24.4 Å². The van der Waals surface area contributed by atoms with E-state index in [0.717, 1.165) is 32.0 Å². The minimum Gasteiger partial charge on any atom is -0.380 e. The summed E-state index contributed by atoms with van der Waals surface area (Å²) >= 11 is 0. The predicted molar refractivity (Wildman–Crippen MR) is 66.3 cm³/mol. The molecule has 0 fully saturated rings. The summed E-state index contributed by atoms with van der Waals surface area (Å²) < 4.78 is 5.49. The van der Waals surface area contributed by atoms with Gasteiger partial charge in [-0.25, -0.2) is 0 Å². The lowest BCUT2D eigenvalue weighted by Gasteiger charge is -2.05. The lowest BCUT2D eigenvalue weighted by atomic mass is 10.3. The Labute approximate surface area is 98.2 Å². The van der Waals surface area contributed by atoms with E-state index in [0.29, 0.717) is 0 Å². The molecule has 0 unspecified atom stereocenters. The lowest BCUT2D eigenvalue weighted by Crippen LogP contribution is -2.20. The summed E-state index contributed by atoms with van der Waals surface area (Å²) in [6, 6.07) is 5.96. The van der Waals surface area contributed by atoms with E-state index < -0.39 is 0 Å². The number of aromatic nitrogens is 1. The second-order valence-electron chi connectivity index (χ2n) is 3.82. The summed E-state index contributed by atoms with van der Waals surface area (Å²) in [7, 11) is 0. The Balaban J connectivity index is 1.89. The van der Waals surface area contributed by atoms with E-state index in [1.54, 1.807) is 0 Å². The van der Waals surface area contributed by atoms with Crippen LogP contribution in [0.3, 0.4) is 0 Å². The summed E-state index contributed by atoms with van der Waals surface area (Å²) in [6.07, 6.45) is 5.51. The quantitative estimate of drug-likeness (QED) is 0.651. The summed E-state index contributed by atoms with van der Waals surface area (Å²) in [5, 5.41) is 3.31. The first-order valence-electron chi connectivity index (χ1n) is 6.12. The molecule has 16 heavy (non-hydrogen) atoms. The van der Waals surface area contributed by atoms with Crippen LogP contribution in [0.1, 0.15) is 31.9 Å². The van der Waals surface area contributed by atoms with Gasteiger partial charge in [-0.3, -0.25) is 4.98 Å². The fourth-order valence-corrected chi connectivity index (χ4v) is 1.42. The van der Waals surface area contributed by atoms with Crippen LogP contribution in [0, 0.1) is 0 Å². The normalized spacial score (nSPS) is 10.6. The molecule has 0 aliphatic heterocycles. The average molecular weight is 222 g/mol. The molecule has 1 rings (SSSR count). The fraction of sp³-hybridized carbons (Fsp3) is 0.615. The zero-order valence-electron chi connectivity index (χ0n) is 10.1. The first-order valence-corrected chi connectivity index (χ1v) is 6.12. The standard InChI is InChI=1S/C13H22N2O/c1-2-3-6-10-16-11-9-14-12-13-7-4-5-8-15-13/h4-5,7-8,14H,2-3,6,9-12H2,1H3. The molecule has 0 saturated heterocycles. The van der Waals surface area contributed by atoms with E-state index in [-0.39, 0.29) is 0 Å². The molecule has 0 aliphatic rings. The molecule has 0 saturated carbocycles. The molecule has 0 bridgehead atoms. The first-order chi connectivity index (χ1) is 7.93. The van der Waals surface area contributed by atoms with Gasteiger partial charge in [0.2, 0.25) is 0 Å². The Hall–Kier alpha value is -0.930. The highest BCUT2D eigenvalue weighted by Crippen LogP contribution is 1.94. The molecule has 0 aliphatic carbocycles. The van der Waals surface area contributed by atoms with Crippen LogP contribution in [0.25, 0.3) is 0 Å².